The Bertz CT molecular complexity index is 284. The van der Waals surface area contributed by atoms with Crippen LogP contribution in [0.25, 0.3) is 0 Å². The maximum Gasteiger partial charge on any atom is 0.315 e. The van der Waals surface area contributed by atoms with Crippen molar-refractivity contribution < 1.29 is 9.53 Å². The smallest absolute Gasteiger partial charge is 0.315 e. The molecule has 102 valence electrons. The van der Waals surface area contributed by atoms with E-state index in [1.807, 2.05) is 0 Å². The van der Waals surface area contributed by atoms with Crippen molar-refractivity contribution >= 4 is 6.03 Å². The highest BCUT2D eigenvalue weighted by Gasteiger charge is 2.42. The molecule has 0 atom stereocenters. The summed E-state index contributed by atoms with van der Waals surface area (Å²) >= 11 is 0. The molecule has 0 unspecified atom stereocenters. The number of amides is 2. The first-order valence-electron chi connectivity index (χ1n) is 7.45. The van der Waals surface area contributed by atoms with Crippen LogP contribution in [0, 0.1) is 17.8 Å². The Morgan fingerprint density at radius 3 is 2.33 bits per heavy atom. The summed E-state index contributed by atoms with van der Waals surface area (Å²) in [7, 11) is 0. The molecule has 0 aromatic rings. The molecule has 0 spiro atoms. The quantitative estimate of drug-likeness (QED) is 0.648. The minimum absolute atomic E-state index is 0.00572. The van der Waals surface area contributed by atoms with E-state index in [-0.39, 0.29) is 6.03 Å². The van der Waals surface area contributed by atoms with Crippen molar-refractivity contribution in [3.63, 3.8) is 0 Å². The molecule has 0 saturated heterocycles. The molecule has 3 rings (SSSR count). The first-order chi connectivity index (χ1) is 8.83. The van der Waals surface area contributed by atoms with Gasteiger partial charge in [0.1, 0.15) is 0 Å². The lowest BCUT2D eigenvalue weighted by molar-refractivity contribution is 0.126. The number of urea groups is 1. The van der Waals surface area contributed by atoms with E-state index in [1.54, 1.807) is 0 Å². The third-order valence-electron chi connectivity index (χ3n) is 4.14. The van der Waals surface area contributed by atoms with Crippen LogP contribution < -0.4 is 10.6 Å². The largest absolute Gasteiger partial charge is 0.379 e. The highest BCUT2D eigenvalue weighted by Crippen LogP contribution is 2.44. The number of ether oxygens (including phenoxy) is 1. The van der Waals surface area contributed by atoms with Crippen molar-refractivity contribution in [2.75, 3.05) is 19.8 Å². The zero-order chi connectivity index (χ0) is 12.4. The summed E-state index contributed by atoms with van der Waals surface area (Å²) in [6.45, 7) is 2.14. The van der Waals surface area contributed by atoms with E-state index in [9.17, 15) is 4.79 Å². The molecule has 3 aliphatic carbocycles. The van der Waals surface area contributed by atoms with Crippen molar-refractivity contribution in [1.82, 2.24) is 10.6 Å². The Morgan fingerprint density at radius 1 is 1.11 bits per heavy atom. The Labute approximate surface area is 109 Å². The molecule has 0 aliphatic heterocycles. The topological polar surface area (TPSA) is 50.4 Å². The van der Waals surface area contributed by atoms with Crippen molar-refractivity contribution in [3.05, 3.63) is 0 Å². The molecule has 3 saturated carbocycles. The van der Waals surface area contributed by atoms with Gasteiger partial charge in [-0.3, -0.25) is 0 Å². The summed E-state index contributed by atoms with van der Waals surface area (Å²) in [5, 5.41) is 6.04. The van der Waals surface area contributed by atoms with Crippen LogP contribution >= 0.6 is 0 Å². The second-order valence-electron chi connectivity index (χ2n) is 6.12. The number of rotatable bonds is 8. The van der Waals surface area contributed by atoms with Crippen LogP contribution in [0.15, 0.2) is 0 Å². The van der Waals surface area contributed by atoms with Gasteiger partial charge >= 0.3 is 6.03 Å². The van der Waals surface area contributed by atoms with Crippen LogP contribution in [-0.4, -0.2) is 31.8 Å². The van der Waals surface area contributed by atoms with Crippen LogP contribution in [0.4, 0.5) is 4.79 Å². The third kappa shape index (κ3) is 3.87. The van der Waals surface area contributed by atoms with E-state index in [2.05, 4.69) is 10.6 Å². The number of nitrogens with one attached hydrogen (secondary N) is 2. The molecule has 18 heavy (non-hydrogen) atoms. The number of hydrogen-bond donors (Lipinski definition) is 2. The van der Waals surface area contributed by atoms with Crippen molar-refractivity contribution in [2.24, 2.45) is 17.8 Å². The SMILES string of the molecule is O=C(NCCOCC1CC1)NC(C1CC1)C1CC1. The zero-order valence-electron chi connectivity index (χ0n) is 11.0. The fraction of sp³-hybridized carbons (Fsp3) is 0.929. The summed E-state index contributed by atoms with van der Waals surface area (Å²) in [6.07, 6.45) is 7.83. The fourth-order valence-corrected chi connectivity index (χ4v) is 2.50. The second-order valence-corrected chi connectivity index (χ2v) is 6.12. The Kier molecular flexibility index (Phi) is 3.73. The van der Waals surface area contributed by atoms with Gasteiger partial charge in [0.2, 0.25) is 0 Å². The molecule has 0 aromatic heterocycles. The van der Waals surface area contributed by atoms with E-state index in [0.29, 0.717) is 19.2 Å². The second kappa shape index (κ2) is 5.47. The zero-order valence-corrected chi connectivity index (χ0v) is 11.0. The van der Waals surface area contributed by atoms with Gasteiger partial charge in [0.25, 0.3) is 0 Å². The molecule has 0 aromatic carbocycles. The van der Waals surface area contributed by atoms with Crippen LogP contribution in [0.3, 0.4) is 0 Å². The van der Waals surface area contributed by atoms with Crippen LogP contribution in [0.1, 0.15) is 38.5 Å². The summed E-state index contributed by atoms with van der Waals surface area (Å²) in [5.41, 5.74) is 0. The summed E-state index contributed by atoms with van der Waals surface area (Å²) < 4.78 is 5.49. The lowest BCUT2D eigenvalue weighted by Gasteiger charge is -2.18. The normalized spacial score (nSPS) is 23.2. The summed E-state index contributed by atoms with van der Waals surface area (Å²) in [5.74, 6) is 2.32. The van der Waals surface area contributed by atoms with Gasteiger partial charge in [-0.05, 0) is 56.3 Å². The van der Waals surface area contributed by atoms with Gasteiger partial charge in [-0.2, -0.15) is 0 Å². The molecule has 3 aliphatic rings. The lowest BCUT2D eigenvalue weighted by Crippen LogP contribution is -2.45. The standard InChI is InChI=1S/C14H24N2O2/c17-14(15-7-8-18-9-10-1-2-10)16-13(11-3-4-11)12-5-6-12/h10-13H,1-9H2,(H2,15,16,17). The van der Waals surface area contributed by atoms with E-state index in [0.717, 1.165) is 24.4 Å². The van der Waals surface area contributed by atoms with E-state index < -0.39 is 0 Å². The fourth-order valence-electron chi connectivity index (χ4n) is 2.50. The maximum absolute atomic E-state index is 11.7. The van der Waals surface area contributed by atoms with Gasteiger partial charge in [-0.1, -0.05) is 0 Å². The monoisotopic (exact) mass is 252 g/mol. The first-order valence-corrected chi connectivity index (χ1v) is 7.45. The van der Waals surface area contributed by atoms with E-state index >= 15 is 0 Å². The molecule has 2 N–H and O–H groups in total. The van der Waals surface area contributed by atoms with Gasteiger partial charge in [-0.25, -0.2) is 4.79 Å². The van der Waals surface area contributed by atoms with E-state index in [4.69, 9.17) is 4.74 Å². The van der Waals surface area contributed by atoms with Crippen molar-refractivity contribution in [2.45, 2.75) is 44.6 Å². The Hall–Kier alpha value is -0.770. The average molecular weight is 252 g/mol. The molecule has 2 amide bonds. The van der Waals surface area contributed by atoms with Gasteiger partial charge < -0.3 is 15.4 Å². The molecule has 0 radical (unpaired) electrons. The molecular weight excluding hydrogens is 228 g/mol. The van der Waals surface area contributed by atoms with Crippen LogP contribution in [0.5, 0.6) is 0 Å². The number of carbonyl (C=O) groups is 1. The number of carbonyl (C=O) groups excluding carboxylic acids is 1. The third-order valence-corrected chi connectivity index (χ3v) is 4.14. The van der Waals surface area contributed by atoms with E-state index in [1.165, 1.54) is 38.5 Å². The molecule has 0 bridgehead atoms. The predicted octanol–water partition coefficient (Wildman–Crippen LogP) is 1.90. The molecule has 4 heteroatoms. The van der Waals surface area contributed by atoms with Crippen molar-refractivity contribution in [1.29, 1.82) is 0 Å². The molecule has 4 nitrogen and oxygen atoms in total. The van der Waals surface area contributed by atoms with Gasteiger partial charge in [0.05, 0.1) is 6.61 Å². The molecule has 3 fully saturated rings. The minimum atomic E-state index is -0.00572. The number of hydrogen-bond acceptors (Lipinski definition) is 2. The highest BCUT2D eigenvalue weighted by molar-refractivity contribution is 5.74. The molecule has 0 heterocycles. The predicted molar refractivity (Wildman–Crippen MR) is 69.3 cm³/mol. The Morgan fingerprint density at radius 2 is 1.78 bits per heavy atom. The molecular formula is C14H24N2O2. The average Bonchev–Trinajstić information content (AvgIpc) is 3.22. The summed E-state index contributed by atoms with van der Waals surface area (Å²) in [6, 6.07) is 0.436. The van der Waals surface area contributed by atoms with Gasteiger partial charge in [0, 0.05) is 19.2 Å². The van der Waals surface area contributed by atoms with Gasteiger partial charge in [0.15, 0.2) is 0 Å². The minimum Gasteiger partial charge on any atom is -0.379 e. The summed E-state index contributed by atoms with van der Waals surface area (Å²) in [4.78, 5) is 11.7. The van der Waals surface area contributed by atoms with Crippen LogP contribution in [0.2, 0.25) is 0 Å². The highest BCUT2D eigenvalue weighted by atomic mass is 16.5. The maximum atomic E-state index is 11.7. The van der Waals surface area contributed by atoms with Crippen LogP contribution in [-0.2, 0) is 4.74 Å². The Balaban J connectivity index is 1.26. The lowest BCUT2D eigenvalue weighted by atomic mass is 10.1. The first kappa shape index (κ1) is 12.3. The van der Waals surface area contributed by atoms with Crippen molar-refractivity contribution in [3.8, 4) is 0 Å². The van der Waals surface area contributed by atoms with Gasteiger partial charge in [-0.15, -0.1) is 0 Å².